The number of nitrogens with zero attached hydrogens (tertiary/aromatic N) is 6. The van der Waals surface area contributed by atoms with E-state index in [1.54, 1.807) is 22.9 Å². The summed E-state index contributed by atoms with van der Waals surface area (Å²) in [6.45, 7) is 8.27. The molecule has 0 fully saturated rings. The monoisotopic (exact) mass is 766 g/mol. The third-order valence-electron chi connectivity index (χ3n) is 8.61. The van der Waals surface area contributed by atoms with Gasteiger partial charge >= 0.3 is 5.63 Å². The Morgan fingerprint density at radius 3 is 2.40 bits per heavy atom. The summed E-state index contributed by atoms with van der Waals surface area (Å²) in [5.74, 6) is 1.69. The van der Waals surface area contributed by atoms with Crippen molar-refractivity contribution in [2.45, 2.75) is 33.9 Å². The number of thiazole rings is 1. The molecule has 256 valence electrons. The van der Waals surface area contributed by atoms with Gasteiger partial charge in [-0.15, -0.1) is 5.10 Å². The minimum atomic E-state index is -0.533. The molecular formula is C36H32Cl4N7O2S+. The molecule has 0 radical (unpaired) electrons. The number of allylic oxidation sites excluding steroid dienone is 2. The molecule has 4 heterocycles. The maximum Gasteiger partial charge on any atom is 0.363 e. The number of hydrogen-bond acceptors (Lipinski definition) is 6. The smallest absolute Gasteiger partial charge is 0.363 e. The van der Waals surface area contributed by atoms with Crippen LogP contribution in [0.5, 0.6) is 0 Å². The molecule has 0 saturated heterocycles. The zero-order valence-electron chi connectivity index (χ0n) is 27.5. The van der Waals surface area contributed by atoms with Crippen molar-refractivity contribution in [2.24, 2.45) is 12.1 Å². The van der Waals surface area contributed by atoms with Crippen molar-refractivity contribution in [1.82, 2.24) is 13.8 Å². The zero-order valence-corrected chi connectivity index (χ0v) is 31.4. The molecule has 0 amide bonds. The summed E-state index contributed by atoms with van der Waals surface area (Å²) in [5.41, 5.74) is 4.42. The van der Waals surface area contributed by atoms with Crippen LogP contribution in [0.3, 0.4) is 0 Å². The number of aryl methyl sites for hydroxylation is 3. The number of nitrogens with one attached hydrogen (secondary N) is 1. The lowest BCUT2D eigenvalue weighted by molar-refractivity contribution is -0.670. The van der Waals surface area contributed by atoms with Gasteiger partial charge in [-0.1, -0.05) is 69.9 Å². The van der Waals surface area contributed by atoms with Crippen LogP contribution in [0.4, 0.5) is 11.4 Å². The number of fused-ring (bicyclic) bond motifs is 3. The van der Waals surface area contributed by atoms with Gasteiger partial charge < -0.3 is 19.2 Å². The van der Waals surface area contributed by atoms with E-state index in [4.69, 9.17) is 55.9 Å². The van der Waals surface area contributed by atoms with Gasteiger partial charge in [0, 0.05) is 37.9 Å². The number of halogens is 4. The van der Waals surface area contributed by atoms with E-state index in [-0.39, 0.29) is 10.9 Å². The molecule has 0 unspecified atom stereocenters. The Morgan fingerprint density at radius 2 is 1.66 bits per heavy atom. The Balaban J connectivity index is 1.40. The average Bonchev–Trinajstić information content (AvgIpc) is 3.79. The molecule has 6 aromatic rings. The van der Waals surface area contributed by atoms with Crippen molar-refractivity contribution in [3.05, 3.63) is 119 Å². The highest BCUT2D eigenvalue weighted by molar-refractivity contribution is 7.16. The number of benzene rings is 3. The number of para-hydroxylation sites is 1. The summed E-state index contributed by atoms with van der Waals surface area (Å²) in [4.78, 5) is 16.3. The maximum atomic E-state index is 13.5. The second kappa shape index (κ2) is 13.8. The minimum absolute atomic E-state index is 0.245. The third kappa shape index (κ3) is 5.99. The van der Waals surface area contributed by atoms with Crippen molar-refractivity contribution in [3.63, 3.8) is 0 Å². The predicted octanol–water partition coefficient (Wildman–Crippen LogP) is 7.32. The molecule has 1 N–H and O–H groups in total. The summed E-state index contributed by atoms with van der Waals surface area (Å²) < 4.78 is 14.8. The Morgan fingerprint density at radius 1 is 0.920 bits per heavy atom. The highest BCUT2D eigenvalue weighted by Crippen LogP contribution is 2.41. The van der Waals surface area contributed by atoms with Crippen LogP contribution >= 0.6 is 57.7 Å². The van der Waals surface area contributed by atoms with Gasteiger partial charge in [-0.05, 0) is 63.3 Å². The molecule has 50 heavy (non-hydrogen) atoms. The number of imidazole rings is 1. The fraction of sp³-hybridized carbons (Fsp3) is 0.194. The van der Waals surface area contributed by atoms with Crippen molar-refractivity contribution >= 4 is 109 Å². The lowest BCUT2D eigenvalue weighted by Crippen LogP contribution is -2.35. The predicted molar refractivity (Wildman–Crippen MR) is 207 cm³/mol. The fourth-order valence-corrected chi connectivity index (χ4v) is 7.89. The largest absolute Gasteiger partial charge is 0.403 e. The normalized spacial score (nSPS) is 15.2. The van der Waals surface area contributed by atoms with E-state index >= 15 is 0 Å². The van der Waals surface area contributed by atoms with Crippen LogP contribution < -0.4 is 36.1 Å². The van der Waals surface area contributed by atoms with Gasteiger partial charge in [-0.25, -0.2) is 13.9 Å². The summed E-state index contributed by atoms with van der Waals surface area (Å²) in [6, 6.07) is 15.5. The lowest BCUT2D eigenvalue weighted by Gasteiger charge is -2.17. The van der Waals surface area contributed by atoms with Crippen LogP contribution in [0, 0.1) is 0 Å². The summed E-state index contributed by atoms with van der Waals surface area (Å²) in [6.07, 6.45) is 9.11. The van der Waals surface area contributed by atoms with Gasteiger partial charge in [0.1, 0.15) is 5.82 Å². The van der Waals surface area contributed by atoms with Crippen LogP contribution in [0.25, 0.3) is 39.5 Å². The topological polar surface area (TPSA) is 76.5 Å². The second-order valence-corrected chi connectivity index (χ2v) is 14.1. The molecule has 3 aromatic heterocycles. The molecule has 0 spiro atoms. The summed E-state index contributed by atoms with van der Waals surface area (Å²) in [7, 11) is 1.95. The SMILES string of the molecule is CCN1C(=CC=c2c(=O)oc(=CC=Cc3n(CC)c4cc(Cl)c(Cl)cc4[n+]3CC)n2/N=c2\sc3ccccc3n2C)Nc2cc(Cl)c(Cl)cc21. The molecule has 0 saturated carbocycles. The summed E-state index contributed by atoms with van der Waals surface area (Å²) in [5, 5.41) is 10.5. The molecule has 1 aliphatic heterocycles. The van der Waals surface area contributed by atoms with Gasteiger partial charge in [0.15, 0.2) is 16.4 Å². The van der Waals surface area contributed by atoms with E-state index in [0.717, 1.165) is 44.3 Å². The van der Waals surface area contributed by atoms with E-state index in [9.17, 15) is 4.79 Å². The average molecular weight is 769 g/mol. The molecule has 1 aliphatic rings. The minimum Gasteiger partial charge on any atom is -0.403 e. The third-order valence-corrected chi connectivity index (χ3v) is 11.2. The zero-order chi connectivity index (χ0) is 35.3. The highest BCUT2D eigenvalue weighted by Gasteiger charge is 2.24. The highest BCUT2D eigenvalue weighted by atomic mass is 35.5. The van der Waals surface area contributed by atoms with Crippen LogP contribution in [0.2, 0.25) is 20.1 Å². The molecule has 0 atom stereocenters. The summed E-state index contributed by atoms with van der Waals surface area (Å²) >= 11 is 27.0. The van der Waals surface area contributed by atoms with Crippen LogP contribution in [0.1, 0.15) is 26.6 Å². The molecule has 0 bridgehead atoms. The Labute approximate surface area is 311 Å². The molecule has 0 aliphatic carbocycles. The van der Waals surface area contributed by atoms with Crippen molar-refractivity contribution in [2.75, 3.05) is 16.8 Å². The van der Waals surface area contributed by atoms with E-state index in [1.165, 1.54) is 11.3 Å². The van der Waals surface area contributed by atoms with Gasteiger partial charge in [0.25, 0.3) is 5.82 Å². The number of oxazole rings is 1. The first kappa shape index (κ1) is 34.3. The Hall–Kier alpha value is -4.19. The number of anilines is 2. The molecular weight excluding hydrogens is 736 g/mol. The van der Waals surface area contributed by atoms with Gasteiger partial charge in [0.05, 0.1) is 54.8 Å². The van der Waals surface area contributed by atoms with E-state index in [0.29, 0.717) is 44.5 Å². The van der Waals surface area contributed by atoms with Gasteiger partial charge in [0.2, 0.25) is 10.3 Å². The fourth-order valence-electron chi connectivity index (χ4n) is 6.24. The number of hydrogen-bond donors (Lipinski definition) is 1. The molecule has 3 aromatic carbocycles. The standard InChI is InChI=1S/C36H31Cl4N7O2S/c1-5-44-28-18-22(38)21(37)17-25(28)41-32(44)16-15-27-35(48)49-34(47(27)42-36-43(4)26-11-8-9-12-31(26)50-36)14-10-13-33-45(6-2)29-19-23(39)24(40)20-30(29)46(33)7-3/h8-20H,5-7H2,1-4H3/p+1/b42-36-. The van der Waals surface area contributed by atoms with E-state index < -0.39 is 5.63 Å². The number of rotatable bonds is 7. The second-order valence-electron chi connectivity index (χ2n) is 11.4. The Bertz CT molecular complexity index is 2600. The van der Waals surface area contributed by atoms with Crippen molar-refractivity contribution < 1.29 is 8.98 Å². The first-order chi connectivity index (χ1) is 24.1. The Kier molecular flexibility index (Phi) is 9.49. The van der Waals surface area contributed by atoms with Crippen LogP contribution in [0.15, 0.2) is 80.8 Å². The van der Waals surface area contributed by atoms with Crippen LogP contribution in [-0.4, -0.2) is 20.4 Å². The van der Waals surface area contributed by atoms with Crippen molar-refractivity contribution in [1.29, 1.82) is 0 Å². The molecule has 7 rings (SSSR count). The first-order valence-corrected chi connectivity index (χ1v) is 18.3. The van der Waals surface area contributed by atoms with Gasteiger partial charge in [-0.2, -0.15) is 4.68 Å². The molecule has 9 nitrogen and oxygen atoms in total. The maximum absolute atomic E-state index is 13.5. The quantitative estimate of drug-likeness (QED) is 0.173. The van der Waals surface area contributed by atoms with E-state index in [2.05, 4.69) is 33.2 Å². The first-order valence-electron chi connectivity index (χ1n) is 16.0. The van der Waals surface area contributed by atoms with E-state index in [1.807, 2.05) is 79.2 Å². The van der Waals surface area contributed by atoms with Crippen molar-refractivity contribution in [3.8, 4) is 0 Å². The van der Waals surface area contributed by atoms with Gasteiger partial charge in [-0.3, -0.25) is 0 Å². The number of aromatic nitrogens is 4. The van der Waals surface area contributed by atoms with Crippen LogP contribution in [-0.2, 0) is 20.1 Å². The lowest BCUT2D eigenvalue weighted by atomic mass is 10.2. The molecule has 14 heteroatoms.